The highest BCUT2D eigenvalue weighted by Gasteiger charge is 2.18. The number of nitrogens with zero attached hydrogens (tertiary/aromatic N) is 1. The molecular weight excluding hydrogens is 326 g/mol. The van der Waals surface area contributed by atoms with Crippen LogP contribution in [-0.4, -0.2) is 12.1 Å². The van der Waals surface area contributed by atoms with Crippen LogP contribution in [0.2, 0.25) is 0 Å². The van der Waals surface area contributed by atoms with E-state index in [2.05, 4.69) is 4.98 Å². The molecule has 0 radical (unpaired) electrons. The number of alkyl halides is 3. The average Bonchev–Trinajstić information content (AvgIpc) is 2.16. The number of methoxy groups -OCH3 is 1. The maximum absolute atomic E-state index is 12.5. The van der Waals surface area contributed by atoms with E-state index in [-0.39, 0.29) is 17.3 Å². The normalized spacial score (nSPS) is 10.7. The lowest BCUT2D eigenvalue weighted by atomic mass is 10.3. The van der Waals surface area contributed by atoms with E-state index in [4.69, 9.17) is 16.3 Å². The predicted molar refractivity (Wildman–Crippen MR) is 58.0 cm³/mol. The molecule has 0 aromatic carbocycles. The molecule has 0 bridgehead atoms. The molecule has 1 aromatic heterocycles. The van der Waals surface area contributed by atoms with Gasteiger partial charge in [-0.15, -0.1) is 11.6 Å². The molecule has 1 heterocycles. The van der Waals surface area contributed by atoms with Gasteiger partial charge in [0.2, 0.25) is 0 Å². The number of rotatable bonds is 3. The molecule has 0 spiro atoms. The van der Waals surface area contributed by atoms with Crippen LogP contribution in [0.5, 0.6) is 5.75 Å². The molecule has 0 unspecified atom stereocenters. The molecule has 14 heavy (non-hydrogen) atoms. The Hall–Kier alpha value is -0.170. The van der Waals surface area contributed by atoms with Crippen LogP contribution in [0, 0.1) is 3.57 Å². The molecule has 0 amide bonds. The van der Waals surface area contributed by atoms with E-state index in [0.29, 0.717) is 5.69 Å². The van der Waals surface area contributed by atoms with Gasteiger partial charge >= 0.3 is 0 Å². The van der Waals surface area contributed by atoms with Gasteiger partial charge < -0.3 is 4.74 Å². The Morgan fingerprint density at radius 2 is 2.29 bits per heavy atom. The first kappa shape index (κ1) is 11.9. The number of pyridine rings is 1. The van der Waals surface area contributed by atoms with E-state index in [1.165, 1.54) is 13.2 Å². The van der Waals surface area contributed by atoms with Crippen molar-refractivity contribution >= 4 is 34.2 Å². The van der Waals surface area contributed by atoms with E-state index < -0.39 is 6.43 Å². The van der Waals surface area contributed by atoms with Crippen molar-refractivity contribution in [2.45, 2.75) is 12.3 Å². The molecule has 1 rings (SSSR count). The van der Waals surface area contributed by atoms with Crippen LogP contribution in [0.25, 0.3) is 0 Å². The standard InChI is InChI=1S/C8H7ClF2INO/c1-14-6-2-4(12)5(3-9)13-7(6)8(10)11/h2,8H,3H2,1H3. The van der Waals surface area contributed by atoms with Crippen molar-refractivity contribution in [1.82, 2.24) is 4.98 Å². The van der Waals surface area contributed by atoms with Gasteiger partial charge in [0.1, 0.15) is 11.4 Å². The first-order valence-electron chi connectivity index (χ1n) is 3.67. The Labute approximate surface area is 98.8 Å². The molecular formula is C8H7ClF2INO. The van der Waals surface area contributed by atoms with Crippen LogP contribution >= 0.6 is 34.2 Å². The summed E-state index contributed by atoms with van der Waals surface area (Å²) in [5.74, 6) is 0.209. The molecule has 0 aliphatic rings. The Kier molecular flexibility index (Phi) is 4.31. The van der Waals surface area contributed by atoms with Gasteiger partial charge in [-0.05, 0) is 28.7 Å². The van der Waals surface area contributed by atoms with Gasteiger partial charge in [0, 0.05) is 3.57 Å². The molecule has 0 aliphatic heterocycles. The number of halogens is 4. The van der Waals surface area contributed by atoms with Gasteiger partial charge in [0.25, 0.3) is 6.43 Å². The maximum Gasteiger partial charge on any atom is 0.284 e. The van der Waals surface area contributed by atoms with E-state index in [9.17, 15) is 8.78 Å². The molecule has 78 valence electrons. The lowest BCUT2D eigenvalue weighted by Crippen LogP contribution is -2.01. The average molecular weight is 334 g/mol. The van der Waals surface area contributed by atoms with E-state index in [1.807, 2.05) is 22.6 Å². The molecule has 0 N–H and O–H groups in total. The van der Waals surface area contributed by atoms with Gasteiger partial charge in [0.05, 0.1) is 18.7 Å². The maximum atomic E-state index is 12.5. The molecule has 0 saturated carbocycles. The van der Waals surface area contributed by atoms with Crippen LogP contribution in [0.15, 0.2) is 6.07 Å². The molecule has 0 fully saturated rings. The SMILES string of the molecule is COc1cc(I)c(CCl)nc1C(F)F. The van der Waals surface area contributed by atoms with Crippen LogP contribution in [0.3, 0.4) is 0 Å². The number of hydrogen-bond donors (Lipinski definition) is 0. The summed E-state index contributed by atoms with van der Waals surface area (Å²) in [6, 6.07) is 1.51. The van der Waals surface area contributed by atoms with Crippen LogP contribution in [0.4, 0.5) is 8.78 Å². The molecule has 2 nitrogen and oxygen atoms in total. The number of ether oxygens (including phenoxy) is 1. The van der Waals surface area contributed by atoms with Gasteiger partial charge in [-0.3, -0.25) is 0 Å². The van der Waals surface area contributed by atoms with Gasteiger partial charge in [-0.2, -0.15) is 0 Å². The summed E-state index contributed by atoms with van der Waals surface area (Å²) in [4.78, 5) is 3.75. The first-order chi connectivity index (χ1) is 6.60. The summed E-state index contributed by atoms with van der Waals surface area (Å²) in [6.07, 6.45) is -2.65. The summed E-state index contributed by atoms with van der Waals surface area (Å²) in [6.45, 7) is 0. The summed E-state index contributed by atoms with van der Waals surface area (Å²) in [7, 11) is 1.33. The lowest BCUT2D eigenvalue weighted by Gasteiger charge is -2.09. The third-order valence-electron chi connectivity index (χ3n) is 1.59. The predicted octanol–water partition coefficient (Wildman–Crippen LogP) is 3.37. The Morgan fingerprint density at radius 3 is 2.71 bits per heavy atom. The fraction of sp³-hybridized carbons (Fsp3) is 0.375. The highest BCUT2D eigenvalue weighted by molar-refractivity contribution is 14.1. The Bertz CT molecular complexity index is 335. The lowest BCUT2D eigenvalue weighted by molar-refractivity contribution is 0.141. The Morgan fingerprint density at radius 1 is 1.64 bits per heavy atom. The van der Waals surface area contributed by atoms with Crippen LogP contribution < -0.4 is 4.74 Å². The zero-order valence-electron chi connectivity index (χ0n) is 7.23. The van der Waals surface area contributed by atoms with Gasteiger partial charge in [-0.1, -0.05) is 0 Å². The minimum Gasteiger partial charge on any atom is -0.495 e. The molecule has 1 aromatic rings. The highest BCUT2D eigenvalue weighted by atomic mass is 127. The smallest absolute Gasteiger partial charge is 0.284 e. The van der Waals surface area contributed by atoms with Crippen molar-refractivity contribution < 1.29 is 13.5 Å². The largest absolute Gasteiger partial charge is 0.495 e. The van der Waals surface area contributed by atoms with E-state index in [1.54, 1.807) is 0 Å². The van der Waals surface area contributed by atoms with E-state index >= 15 is 0 Å². The van der Waals surface area contributed by atoms with Gasteiger partial charge in [0.15, 0.2) is 0 Å². The quantitative estimate of drug-likeness (QED) is 0.625. The van der Waals surface area contributed by atoms with Crippen molar-refractivity contribution in [3.8, 4) is 5.75 Å². The van der Waals surface area contributed by atoms with Crippen LogP contribution in [-0.2, 0) is 5.88 Å². The van der Waals surface area contributed by atoms with Crippen molar-refractivity contribution in [2.75, 3.05) is 7.11 Å². The summed E-state index contributed by atoms with van der Waals surface area (Å²) >= 11 is 7.53. The third-order valence-corrected chi connectivity index (χ3v) is 2.78. The summed E-state index contributed by atoms with van der Waals surface area (Å²) in [5.41, 5.74) is 0.0898. The topological polar surface area (TPSA) is 22.1 Å². The second kappa shape index (κ2) is 5.06. The molecule has 6 heteroatoms. The highest BCUT2D eigenvalue weighted by Crippen LogP contribution is 2.30. The molecule has 0 atom stereocenters. The van der Waals surface area contributed by atoms with Crippen molar-refractivity contribution in [1.29, 1.82) is 0 Å². The molecule has 0 saturated heterocycles. The van der Waals surface area contributed by atoms with E-state index in [0.717, 1.165) is 3.57 Å². The van der Waals surface area contributed by atoms with Crippen molar-refractivity contribution in [3.05, 3.63) is 21.0 Å². The summed E-state index contributed by atoms with van der Waals surface area (Å²) in [5, 5.41) is 0. The fourth-order valence-corrected chi connectivity index (χ4v) is 1.96. The number of aromatic nitrogens is 1. The third kappa shape index (κ3) is 2.44. The van der Waals surface area contributed by atoms with Crippen molar-refractivity contribution in [2.24, 2.45) is 0 Å². The monoisotopic (exact) mass is 333 g/mol. The fourth-order valence-electron chi connectivity index (χ4n) is 0.940. The number of hydrogen-bond acceptors (Lipinski definition) is 2. The molecule has 0 aliphatic carbocycles. The van der Waals surface area contributed by atoms with Crippen LogP contribution in [0.1, 0.15) is 17.8 Å². The van der Waals surface area contributed by atoms with Gasteiger partial charge in [-0.25, -0.2) is 13.8 Å². The zero-order valence-corrected chi connectivity index (χ0v) is 10.1. The Balaban J connectivity index is 3.25. The first-order valence-corrected chi connectivity index (χ1v) is 5.29. The minimum absolute atomic E-state index is 0.0956. The van der Waals surface area contributed by atoms with Crippen molar-refractivity contribution in [3.63, 3.8) is 0 Å². The minimum atomic E-state index is -2.65. The summed E-state index contributed by atoms with van der Waals surface area (Å²) < 4.78 is 30.5. The zero-order chi connectivity index (χ0) is 10.7. The second-order valence-electron chi connectivity index (χ2n) is 2.44. The second-order valence-corrected chi connectivity index (χ2v) is 3.87.